The molecule has 20 heavy (non-hydrogen) atoms. The van der Waals surface area contributed by atoms with Crippen molar-refractivity contribution >= 4 is 23.0 Å². The average Bonchev–Trinajstić information content (AvgIpc) is 2.90. The van der Waals surface area contributed by atoms with Gasteiger partial charge in [0, 0.05) is 6.08 Å². The van der Waals surface area contributed by atoms with Gasteiger partial charge in [-0.2, -0.15) is 4.68 Å². The van der Waals surface area contributed by atoms with E-state index in [0.29, 0.717) is 11.0 Å². The minimum absolute atomic E-state index is 0.209. The minimum Gasteiger partial charge on any atom is -0.267 e. The molecule has 0 spiro atoms. The number of hydrogen-bond acceptors (Lipinski definition) is 3. The lowest BCUT2D eigenvalue weighted by Crippen LogP contribution is -2.08. The lowest BCUT2D eigenvalue weighted by molar-refractivity contribution is 0.0958. The van der Waals surface area contributed by atoms with Crippen LogP contribution < -0.4 is 0 Å². The Hall–Kier alpha value is -2.75. The molecule has 0 aliphatic rings. The summed E-state index contributed by atoms with van der Waals surface area (Å²) in [6.07, 6.45) is 3.28. The van der Waals surface area contributed by atoms with Crippen LogP contribution >= 0.6 is 0 Å². The Morgan fingerprint density at radius 1 is 1.10 bits per heavy atom. The number of fused-ring (bicyclic) bond motifs is 1. The van der Waals surface area contributed by atoms with E-state index in [0.717, 1.165) is 5.56 Å². The number of carbonyl (C=O) groups is 1. The van der Waals surface area contributed by atoms with Crippen LogP contribution in [0.5, 0.6) is 0 Å². The Balaban J connectivity index is 1.87. The Kier molecular flexibility index (Phi) is 3.13. The Bertz CT molecular complexity index is 785. The number of aryl methyl sites for hydroxylation is 1. The molecule has 0 aliphatic carbocycles. The highest BCUT2D eigenvalue weighted by atomic mass is 16.2. The second kappa shape index (κ2) is 5.09. The second-order valence-corrected chi connectivity index (χ2v) is 4.57. The van der Waals surface area contributed by atoms with E-state index in [4.69, 9.17) is 0 Å². The highest BCUT2D eigenvalue weighted by molar-refractivity contribution is 5.98. The van der Waals surface area contributed by atoms with Crippen LogP contribution in [0.15, 0.2) is 54.6 Å². The van der Waals surface area contributed by atoms with E-state index in [1.807, 2.05) is 55.5 Å². The van der Waals surface area contributed by atoms with Crippen LogP contribution in [0.2, 0.25) is 0 Å². The van der Waals surface area contributed by atoms with Gasteiger partial charge in [0.05, 0.1) is 5.52 Å². The van der Waals surface area contributed by atoms with E-state index in [9.17, 15) is 4.79 Å². The van der Waals surface area contributed by atoms with Crippen molar-refractivity contribution < 1.29 is 4.79 Å². The van der Waals surface area contributed by atoms with Gasteiger partial charge in [-0.25, -0.2) is 0 Å². The fourth-order valence-corrected chi connectivity index (χ4v) is 1.95. The molecule has 0 radical (unpaired) electrons. The summed E-state index contributed by atoms with van der Waals surface area (Å²) < 4.78 is 1.31. The molecule has 0 bridgehead atoms. The lowest BCUT2D eigenvalue weighted by atomic mass is 10.1. The molecule has 98 valence electrons. The van der Waals surface area contributed by atoms with E-state index in [2.05, 4.69) is 10.3 Å². The SMILES string of the molecule is Cc1ccc(/C=C/C(=O)n2nnc3ccccc32)cc1. The number of nitrogens with zero attached hydrogens (tertiary/aromatic N) is 3. The van der Waals surface area contributed by atoms with Gasteiger partial charge in [0.1, 0.15) is 5.52 Å². The predicted octanol–water partition coefficient (Wildman–Crippen LogP) is 3.09. The van der Waals surface area contributed by atoms with Gasteiger partial charge in [-0.05, 0) is 30.7 Å². The van der Waals surface area contributed by atoms with Gasteiger partial charge in [-0.1, -0.05) is 47.2 Å². The van der Waals surface area contributed by atoms with Crippen LogP contribution in [0, 0.1) is 6.92 Å². The molecule has 2 aromatic carbocycles. The zero-order chi connectivity index (χ0) is 13.9. The number of hydrogen-bond donors (Lipinski definition) is 0. The fraction of sp³-hybridized carbons (Fsp3) is 0.0625. The van der Waals surface area contributed by atoms with Crippen molar-refractivity contribution in [3.63, 3.8) is 0 Å². The van der Waals surface area contributed by atoms with Crippen LogP contribution in [0.4, 0.5) is 0 Å². The smallest absolute Gasteiger partial charge is 0.267 e. The van der Waals surface area contributed by atoms with E-state index in [1.54, 1.807) is 6.08 Å². The van der Waals surface area contributed by atoms with E-state index < -0.39 is 0 Å². The number of allylic oxidation sites excluding steroid dienone is 1. The molecule has 1 aromatic heterocycles. The zero-order valence-electron chi connectivity index (χ0n) is 11.0. The second-order valence-electron chi connectivity index (χ2n) is 4.57. The maximum Gasteiger partial charge on any atom is 0.272 e. The summed E-state index contributed by atoms with van der Waals surface area (Å²) in [4.78, 5) is 12.1. The Labute approximate surface area is 116 Å². The normalized spacial score (nSPS) is 11.2. The van der Waals surface area contributed by atoms with Crippen LogP contribution in [-0.4, -0.2) is 20.9 Å². The third-order valence-corrected chi connectivity index (χ3v) is 3.06. The van der Waals surface area contributed by atoms with Gasteiger partial charge >= 0.3 is 0 Å². The van der Waals surface area contributed by atoms with Gasteiger partial charge in [-0.15, -0.1) is 5.10 Å². The molecule has 0 unspecified atom stereocenters. The van der Waals surface area contributed by atoms with Gasteiger partial charge < -0.3 is 0 Å². The van der Waals surface area contributed by atoms with Crippen LogP contribution in [-0.2, 0) is 0 Å². The van der Waals surface area contributed by atoms with Crippen molar-refractivity contribution in [1.29, 1.82) is 0 Å². The van der Waals surface area contributed by atoms with Crippen LogP contribution in [0.3, 0.4) is 0 Å². The molecule has 3 aromatic rings. The summed E-state index contributed by atoms with van der Waals surface area (Å²) in [6, 6.07) is 15.3. The van der Waals surface area contributed by atoms with Crippen molar-refractivity contribution in [3.8, 4) is 0 Å². The fourth-order valence-electron chi connectivity index (χ4n) is 1.95. The molecule has 0 saturated carbocycles. The molecular formula is C16H13N3O. The summed E-state index contributed by atoms with van der Waals surface area (Å²) in [6.45, 7) is 2.03. The third-order valence-electron chi connectivity index (χ3n) is 3.06. The first-order valence-corrected chi connectivity index (χ1v) is 6.33. The quantitative estimate of drug-likeness (QED) is 0.667. The van der Waals surface area contributed by atoms with Gasteiger partial charge in [0.2, 0.25) is 0 Å². The molecule has 4 nitrogen and oxygen atoms in total. The Morgan fingerprint density at radius 2 is 1.85 bits per heavy atom. The van der Waals surface area contributed by atoms with E-state index in [-0.39, 0.29) is 5.91 Å². The number of para-hydroxylation sites is 1. The maximum atomic E-state index is 12.1. The first-order valence-electron chi connectivity index (χ1n) is 6.33. The largest absolute Gasteiger partial charge is 0.272 e. The van der Waals surface area contributed by atoms with Gasteiger partial charge in [0.15, 0.2) is 0 Å². The van der Waals surface area contributed by atoms with E-state index >= 15 is 0 Å². The molecular weight excluding hydrogens is 250 g/mol. The van der Waals surface area contributed by atoms with Gasteiger partial charge in [0.25, 0.3) is 5.91 Å². The first-order chi connectivity index (χ1) is 9.74. The summed E-state index contributed by atoms with van der Waals surface area (Å²) in [5.41, 5.74) is 3.60. The minimum atomic E-state index is -0.209. The van der Waals surface area contributed by atoms with Crippen molar-refractivity contribution in [2.45, 2.75) is 6.92 Å². The molecule has 0 atom stereocenters. The van der Waals surface area contributed by atoms with Crippen LogP contribution in [0.25, 0.3) is 17.1 Å². The summed E-state index contributed by atoms with van der Waals surface area (Å²) >= 11 is 0. The van der Waals surface area contributed by atoms with Crippen molar-refractivity contribution in [2.24, 2.45) is 0 Å². The lowest BCUT2D eigenvalue weighted by Gasteiger charge is -1.96. The zero-order valence-corrected chi connectivity index (χ0v) is 11.0. The van der Waals surface area contributed by atoms with Crippen molar-refractivity contribution in [1.82, 2.24) is 15.0 Å². The number of aromatic nitrogens is 3. The molecule has 0 N–H and O–H groups in total. The molecule has 4 heteroatoms. The number of rotatable bonds is 2. The molecule has 0 saturated heterocycles. The molecule has 1 heterocycles. The summed E-state index contributed by atoms with van der Waals surface area (Å²) in [5.74, 6) is -0.209. The third kappa shape index (κ3) is 2.36. The number of benzene rings is 2. The Morgan fingerprint density at radius 3 is 2.65 bits per heavy atom. The topological polar surface area (TPSA) is 47.8 Å². The highest BCUT2D eigenvalue weighted by Gasteiger charge is 2.08. The maximum absolute atomic E-state index is 12.1. The highest BCUT2D eigenvalue weighted by Crippen LogP contribution is 2.10. The monoisotopic (exact) mass is 263 g/mol. The van der Waals surface area contributed by atoms with Crippen LogP contribution in [0.1, 0.15) is 15.9 Å². The molecule has 0 fully saturated rings. The first kappa shape index (κ1) is 12.3. The predicted molar refractivity (Wildman–Crippen MR) is 78.4 cm³/mol. The molecule has 3 rings (SSSR count). The van der Waals surface area contributed by atoms with E-state index in [1.165, 1.54) is 16.3 Å². The summed E-state index contributed by atoms with van der Waals surface area (Å²) in [7, 11) is 0. The summed E-state index contributed by atoms with van der Waals surface area (Å²) in [5, 5.41) is 7.85. The van der Waals surface area contributed by atoms with Crippen molar-refractivity contribution in [2.75, 3.05) is 0 Å². The molecule has 0 aliphatic heterocycles. The molecule has 0 amide bonds. The standard InChI is InChI=1S/C16H13N3O/c1-12-6-8-13(9-7-12)10-11-16(20)19-15-5-3-2-4-14(15)17-18-19/h2-11H,1H3/b11-10+. The number of carbonyl (C=O) groups excluding carboxylic acids is 1. The van der Waals surface area contributed by atoms with Crippen molar-refractivity contribution in [3.05, 3.63) is 65.7 Å². The van der Waals surface area contributed by atoms with Gasteiger partial charge in [-0.3, -0.25) is 4.79 Å². The average molecular weight is 263 g/mol.